The Hall–Kier alpha value is -4.42. The van der Waals surface area contributed by atoms with Crippen molar-refractivity contribution in [2.75, 3.05) is 0 Å². The molecule has 0 spiro atoms. The highest BCUT2D eigenvalue weighted by atomic mass is 16.5. The second-order valence-corrected chi connectivity index (χ2v) is 8.79. The summed E-state index contributed by atoms with van der Waals surface area (Å²) in [6.07, 6.45) is 0.726. The maximum atomic E-state index is 14.0. The average molecular weight is 480 g/mol. The normalized spacial score (nSPS) is 13.0. The smallest absolute Gasteiger partial charge is 0.274 e. The number of carbonyl (C=O) groups is 1. The van der Waals surface area contributed by atoms with Crippen LogP contribution >= 0.6 is 0 Å². The van der Waals surface area contributed by atoms with Gasteiger partial charge in [-0.3, -0.25) is 15.5 Å². The van der Waals surface area contributed by atoms with Crippen LogP contribution in [0.5, 0.6) is 5.75 Å². The van der Waals surface area contributed by atoms with E-state index in [2.05, 4.69) is 5.48 Å². The van der Waals surface area contributed by atoms with Crippen molar-refractivity contribution >= 4 is 11.7 Å². The van der Waals surface area contributed by atoms with Gasteiger partial charge in [0, 0.05) is 18.4 Å². The molecule has 1 amide bonds. The van der Waals surface area contributed by atoms with Crippen molar-refractivity contribution in [1.29, 1.82) is 0 Å². The minimum absolute atomic E-state index is 0.148. The lowest BCUT2D eigenvalue weighted by Gasteiger charge is -2.39. The molecule has 0 aliphatic carbocycles. The van der Waals surface area contributed by atoms with Crippen LogP contribution in [0.25, 0.3) is 0 Å². The monoisotopic (exact) mass is 479 g/mol. The molecule has 0 fully saturated rings. The summed E-state index contributed by atoms with van der Waals surface area (Å²) in [6, 6.07) is 35.3. The molecule has 0 radical (unpaired) electrons. The lowest BCUT2D eigenvalue weighted by atomic mass is 9.84. The van der Waals surface area contributed by atoms with E-state index in [1.807, 2.05) is 85.8 Å². The highest BCUT2D eigenvalue weighted by molar-refractivity contribution is 5.96. The molecule has 36 heavy (non-hydrogen) atoms. The minimum Gasteiger partial charge on any atom is -0.508 e. The van der Waals surface area contributed by atoms with Gasteiger partial charge in [-0.15, -0.1) is 0 Å². The Bertz CT molecular complexity index is 1290. The lowest BCUT2D eigenvalue weighted by Crippen LogP contribution is -2.47. The largest absolute Gasteiger partial charge is 0.508 e. The molecule has 1 atom stereocenters. The number of phenolic OH excluding ortho intramolecular Hbond substituents is 1. The standard InChI is InChI=1S/C30H29N3O3/c1-30(26-15-9-4-10-16-26,22-24-11-5-2-6-12-24)33(29(35)25-13-7-3-8-14-25)31-28(32-36)21-23-17-19-27(34)20-18-23/h2-20,34,36H,21-22H2,1H3,(H,31,32). The Morgan fingerprint density at radius 2 is 1.36 bits per heavy atom. The summed E-state index contributed by atoms with van der Waals surface area (Å²) < 4.78 is 0. The number of hydrogen-bond acceptors (Lipinski definition) is 4. The van der Waals surface area contributed by atoms with Gasteiger partial charge in [-0.1, -0.05) is 91.0 Å². The van der Waals surface area contributed by atoms with Gasteiger partial charge in [-0.2, -0.15) is 5.10 Å². The molecule has 0 saturated heterocycles. The van der Waals surface area contributed by atoms with Gasteiger partial charge in [0.15, 0.2) is 5.84 Å². The Kier molecular flexibility index (Phi) is 7.78. The highest BCUT2D eigenvalue weighted by Gasteiger charge is 2.38. The predicted octanol–water partition coefficient (Wildman–Crippen LogP) is 5.53. The number of hydrogen-bond donors (Lipinski definition) is 3. The Morgan fingerprint density at radius 1 is 0.806 bits per heavy atom. The van der Waals surface area contributed by atoms with Crippen LogP contribution in [0.3, 0.4) is 0 Å². The van der Waals surface area contributed by atoms with Crippen LogP contribution in [0.15, 0.2) is 120 Å². The maximum absolute atomic E-state index is 14.0. The minimum atomic E-state index is -0.882. The quantitative estimate of drug-likeness (QED) is 0.176. The fourth-order valence-corrected chi connectivity index (χ4v) is 4.20. The number of nitrogens with one attached hydrogen (secondary N) is 1. The number of amidine groups is 1. The number of rotatable bonds is 8. The van der Waals surface area contributed by atoms with E-state index < -0.39 is 5.54 Å². The molecule has 1 unspecified atom stereocenters. The zero-order valence-electron chi connectivity index (χ0n) is 20.1. The third-order valence-corrected chi connectivity index (χ3v) is 6.13. The Morgan fingerprint density at radius 3 is 1.94 bits per heavy atom. The highest BCUT2D eigenvalue weighted by Crippen LogP contribution is 2.34. The van der Waals surface area contributed by atoms with E-state index in [0.29, 0.717) is 12.0 Å². The van der Waals surface area contributed by atoms with Crippen LogP contribution in [0, 0.1) is 0 Å². The molecule has 0 saturated carbocycles. The van der Waals surface area contributed by atoms with Crippen molar-refractivity contribution in [3.8, 4) is 5.75 Å². The van der Waals surface area contributed by atoms with Crippen molar-refractivity contribution < 1.29 is 15.1 Å². The number of amides is 1. The summed E-state index contributed by atoms with van der Waals surface area (Å²) in [5, 5.41) is 25.8. The van der Waals surface area contributed by atoms with Gasteiger partial charge >= 0.3 is 0 Å². The molecular formula is C30H29N3O3. The summed E-state index contributed by atoms with van der Waals surface area (Å²) >= 11 is 0. The topological polar surface area (TPSA) is 85.2 Å². The Labute approximate surface area is 211 Å². The molecule has 0 heterocycles. The van der Waals surface area contributed by atoms with Crippen molar-refractivity contribution in [3.05, 3.63) is 138 Å². The van der Waals surface area contributed by atoms with Gasteiger partial charge in [-0.25, -0.2) is 5.01 Å². The van der Waals surface area contributed by atoms with Crippen LogP contribution in [-0.4, -0.2) is 27.1 Å². The van der Waals surface area contributed by atoms with Gasteiger partial charge in [-0.05, 0) is 47.9 Å². The summed E-state index contributed by atoms with van der Waals surface area (Å²) in [6.45, 7) is 1.98. The number of phenols is 1. The summed E-state index contributed by atoms with van der Waals surface area (Å²) in [5.74, 6) is 0.0473. The molecule has 4 aromatic carbocycles. The maximum Gasteiger partial charge on any atom is 0.274 e. The van der Waals surface area contributed by atoms with Crippen LogP contribution < -0.4 is 5.48 Å². The average Bonchev–Trinajstić information content (AvgIpc) is 2.93. The summed E-state index contributed by atoms with van der Waals surface area (Å²) in [7, 11) is 0. The Balaban J connectivity index is 1.84. The second-order valence-electron chi connectivity index (χ2n) is 8.79. The third kappa shape index (κ3) is 5.79. The number of benzene rings is 4. The van der Waals surface area contributed by atoms with Crippen LogP contribution in [0.4, 0.5) is 0 Å². The van der Waals surface area contributed by atoms with Gasteiger partial charge in [0.1, 0.15) is 5.75 Å². The van der Waals surface area contributed by atoms with E-state index in [1.54, 1.807) is 36.4 Å². The molecule has 0 aliphatic heterocycles. The fourth-order valence-electron chi connectivity index (χ4n) is 4.20. The SMILES string of the molecule is CC(Cc1ccccc1)(c1ccccc1)N(N=C(Cc1ccc(O)cc1)NO)C(=O)c1ccccc1. The molecule has 0 aromatic heterocycles. The van der Waals surface area contributed by atoms with Gasteiger partial charge in [0.05, 0.1) is 5.54 Å². The van der Waals surface area contributed by atoms with Gasteiger partial charge in [0.25, 0.3) is 5.91 Å². The molecule has 6 heteroatoms. The summed E-state index contributed by atoms with van der Waals surface area (Å²) in [4.78, 5) is 14.0. The molecule has 6 nitrogen and oxygen atoms in total. The van der Waals surface area contributed by atoms with E-state index in [1.165, 1.54) is 5.01 Å². The molecule has 4 aromatic rings. The molecule has 0 aliphatic rings. The molecule has 3 N–H and O–H groups in total. The first-order chi connectivity index (χ1) is 17.5. The second kappa shape index (κ2) is 11.3. The lowest BCUT2D eigenvalue weighted by molar-refractivity contribution is 0.0500. The van der Waals surface area contributed by atoms with E-state index >= 15 is 0 Å². The molecular weight excluding hydrogens is 450 g/mol. The van der Waals surface area contributed by atoms with Crippen LogP contribution in [-0.2, 0) is 18.4 Å². The van der Waals surface area contributed by atoms with Crippen LogP contribution in [0.2, 0.25) is 0 Å². The van der Waals surface area contributed by atoms with E-state index in [9.17, 15) is 15.1 Å². The van der Waals surface area contributed by atoms with Gasteiger partial charge < -0.3 is 5.11 Å². The van der Waals surface area contributed by atoms with Crippen LogP contribution in [0.1, 0.15) is 34.0 Å². The first-order valence-corrected chi connectivity index (χ1v) is 11.7. The van der Waals surface area contributed by atoms with E-state index in [-0.39, 0.29) is 23.9 Å². The predicted molar refractivity (Wildman–Crippen MR) is 141 cm³/mol. The number of hydrazone groups is 1. The van der Waals surface area contributed by atoms with Crippen molar-refractivity contribution in [3.63, 3.8) is 0 Å². The molecule has 4 rings (SSSR count). The van der Waals surface area contributed by atoms with E-state index in [0.717, 1.165) is 16.7 Å². The van der Waals surface area contributed by atoms with Gasteiger partial charge in [0.2, 0.25) is 0 Å². The number of hydroxylamine groups is 1. The third-order valence-electron chi connectivity index (χ3n) is 6.13. The van der Waals surface area contributed by atoms with Crippen molar-refractivity contribution in [2.24, 2.45) is 5.10 Å². The first-order valence-electron chi connectivity index (χ1n) is 11.7. The summed E-state index contributed by atoms with van der Waals surface area (Å²) in [5.41, 5.74) is 4.54. The van der Waals surface area contributed by atoms with Crippen molar-refractivity contribution in [2.45, 2.75) is 25.3 Å². The number of nitrogens with zero attached hydrogens (tertiary/aromatic N) is 2. The fraction of sp³-hybridized carbons (Fsp3) is 0.133. The zero-order valence-corrected chi connectivity index (χ0v) is 20.1. The molecule has 182 valence electrons. The zero-order chi connectivity index (χ0) is 25.4. The van der Waals surface area contributed by atoms with E-state index in [4.69, 9.17) is 5.10 Å². The molecule has 0 bridgehead atoms. The first kappa shape index (κ1) is 24.7. The number of carbonyl (C=O) groups excluding carboxylic acids is 1. The number of aromatic hydroxyl groups is 1. The van der Waals surface area contributed by atoms with Crippen molar-refractivity contribution in [1.82, 2.24) is 10.5 Å².